The normalized spacial score (nSPS) is 10.2. The lowest BCUT2D eigenvalue weighted by atomic mass is 10.1. The van der Waals surface area contributed by atoms with Crippen molar-refractivity contribution in [3.63, 3.8) is 0 Å². The first-order chi connectivity index (χ1) is 9.61. The molecule has 0 aliphatic heterocycles. The number of pyridine rings is 1. The van der Waals surface area contributed by atoms with Crippen molar-refractivity contribution in [2.75, 3.05) is 11.1 Å². The summed E-state index contributed by atoms with van der Waals surface area (Å²) in [4.78, 5) is 23.7. The molecule has 0 saturated carbocycles. The highest BCUT2D eigenvalue weighted by molar-refractivity contribution is 6.07. The molecule has 0 bridgehead atoms. The van der Waals surface area contributed by atoms with Crippen molar-refractivity contribution in [3.8, 4) is 0 Å². The highest BCUT2D eigenvalue weighted by Crippen LogP contribution is 2.13. The fourth-order valence-corrected chi connectivity index (χ4v) is 1.92. The fourth-order valence-electron chi connectivity index (χ4n) is 1.92. The molecule has 20 heavy (non-hydrogen) atoms. The van der Waals surface area contributed by atoms with Gasteiger partial charge in [0.1, 0.15) is 0 Å². The predicted molar refractivity (Wildman–Crippen MR) is 79.8 cm³/mol. The number of nitrogens with two attached hydrogens (primary N) is 1. The van der Waals surface area contributed by atoms with Gasteiger partial charge in [0, 0.05) is 24.5 Å². The molecule has 0 fully saturated rings. The molecule has 1 aromatic heterocycles. The quantitative estimate of drug-likeness (QED) is 0.836. The minimum atomic E-state index is -0.287. The maximum atomic E-state index is 12.1. The lowest BCUT2D eigenvalue weighted by molar-refractivity contribution is 0.102. The van der Waals surface area contributed by atoms with Crippen molar-refractivity contribution in [1.82, 2.24) is 4.57 Å². The Bertz CT molecular complexity index is 677. The van der Waals surface area contributed by atoms with Gasteiger partial charge in [-0.1, -0.05) is 19.1 Å². The van der Waals surface area contributed by atoms with Crippen molar-refractivity contribution in [2.24, 2.45) is 0 Å². The number of nitrogens with zero attached hydrogens (tertiary/aromatic N) is 1. The van der Waals surface area contributed by atoms with E-state index in [1.165, 1.54) is 6.07 Å². The van der Waals surface area contributed by atoms with Gasteiger partial charge in [-0.25, -0.2) is 0 Å². The van der Waals surface area contributed by atoms with Gasteiger partial charge in [0.05, 0.1) is 11.3 Å². The molecule has 104 valence electrons. The number of nitrogen functional groups attached to an aromatic ring is 1. The summed E-state index contributed by atoms with van der Waals surface area (Å²) in [6, 6.07) is 9.89. The van der Waals surface area contributed by atoms with E-state index in [0.29, 0.717) is 23.5 Å². The Kier molecular flexibility index (Phi) is 4.20. The molecule has 3 N–H and O–H groups in total. The molecule has 0 spiro atoms. The highest BCUT2D eigenvalue weighted by Gasteiger charge is 2.09. The number of aromatic nitrogens is 1. The summed E-state index contributed by atoms with van der Waals surface area (Å²) >= 11 is 0. The van der Waals surface area contributed by atoms with Gasteiger partial charge >= 0.3 is 0 Å². The zero-order valence-electron chi connectivity index (χ0n) is 11.3. The number of amides is 1. The number of hydrogen-bond donors (Lipinski definition) is 2. The number of benzene rings is 1. The molecule has 2 rings (SSSR count). The van der Waals surface area contributed by atoms with E-state index in [2.05, 4.69) is 5.32 Å². The smallest absolute Gasteiger partial charge is 0.257 e. The summed E-state index contributed by atoms with van der Waals surface area (Å²) in [7, 11) is 0. The lowest BCUT2D eigenvalue weighted by Crippen LogP contribution is -2.20. The number of nitrogens with one attached hydrogen (secondary N) is 1. The Morgan fingerprint density at radius 3 is 2.70 bits per heavy atom. The van der Waals surface area contributed by atoms with Crippen molar-refractivity contribution < 1.29 is 4.79 Å². The third-order valence-electron chi connectivity index (χ3n) is 2.91. The number of aryl methyl sites for hydroxylation is 1. The molecular weight excluding hydrogens is 254 g/mol. The topological polar surface area (TPSA) is 77.1 Å². The van der Waals surface area contributed by atoms with Gasteiger partial charge in [-0.2, -0.15) is 0 Å². The predicted octanol–water partition coefficient (Wildman–Crippen LogP) is 2.09. The van der Waals surface area contributed by atoms with E-state index in [1.54, 1.807) is 41.1 Å². The minimum absolute atomic E-state index is 0.0796. The van der Waals surface area contributed by atoms with E-state index in [0.717, 1.165) is 6.42 Å². The van der Waals surface area contributed by atoms with Crippen molar-refractivity contribution in [2.45, 2.75) is 19.9 Å². The molecule has 1 aromatic carbocycles. The Balaban J connectivity index is 2.22. The van der Waals surface area contributed by atoms with E-state index >= 15 is 0 Å². The number of rotatable bonds is 4. The molecule has 1 amide bonds. The van der Waals surface area contributed by atoms with Crippen LogP contribution in [-0.4, -0.2) is 10.5 Å². The van der Waals surface area contributed by atoms with Crippen LogP contribution in [0, 0.1) is 0 Å². The zero-order valence-corrected chi connectivity index (χ0v) is 11.3. The molecule has 1 heterocycles. The van der Waals surface area contributed by atoms with Gasteiger partial charge < -0.3 is 15.6 Å². The van der Waals surface area contributed by atoms with E-state index in [9.17, 15) is 9.59 Å². The number of carbonyl (C=O) groups is 1. The second-order valence-electron chi connectivity index (χ2n) is 4.49. The van der Waals surface area contributed by atoms with Gasteiger partial charge in [-0.3, -0.25) is 9.59 Å². The molecule has 0 radical (unpaired) electrons. The monoisotopic (exact) mass is 271 g/mol. The number of hydrogen-bond acceptors (Lipinski definition) is 3. The first-order valence-electron chi connectivity index (χ1n) is 6.48. The molecule has 0 unspecified atom stereocenters. The van der Waals surface area contributed by atoms with E-state index in [-0.39, 0.29) is 11.5 Å². The van der Waals surface area contributed by atoms with Gasteiger partial charge in [-0.05, 0) is 24.6 Å². The van der Waals surface area contributed by atoms with Gasteiger partial charge in [0.25, 0.3) is 11.5 Å². The molecular formula is C15H17N3O2. The summed E-state index contributed by atoms with van der Waals surface area (Å²) in [5, 5.41) is 2.75. The van der Waals surface area contributed by atoms with Crippen molar-refractivity contribution in [3.05, 3.63) is 58.5 Å². The molecule has 0 aliphatic carbocycles. The maximum Gasteiger partial charge on any atom is 0.257 e. The Morgan fingerprint density at radius 2 is 2.00 bits per heavy atom. The number of anilines is 2. The summed E-state index contributed by atoms with van der Waals surface area (Å²) in [6.45, 7) is 2.61. The van der Waals surface area contributed by atoms with E-state index in [4.69, 9.17) is 5.73 Å². The molecule has 0 saturated heterocycles. The first-order valence-corrected chi connectivity index (χ1v) is 6.48. The van der Waals surface area contributed by atoms with Crippen LogP contribution in [-0.2, 0) is 6.54 Å². The van der Waals surface area contributed by atoms with Crippen LogP contribution >= 0.6 is 0 Å². The zero-order chi connectivity index (χ0) is 14.5. The third-order valence-corrected chi connectivity index (χ3v) is 2.91. The second-order valence-corrected chi connectivity index (χ2v) is 4.49. The average molecular weight is 271 g/mol. The number of carbonyl (C=O) groups excluding carboxylic acids is 1. The molecule has 0 atom stereocenters. The fraction of sp³-hybridized carbons (Fsp3) is 0.200. The Labute approximate surface area is 117 Å². The maximum absolute atomic E-state index is 12.1. The van der Waals surface area contributed by atoms with Gasteiger partial charge in [-0.15, -0.1) is 0 Å². The molecule has 5 heteroatoms. The highest BCUT2D eigenvalue weighted by atomic mass is 16.1. The molecule has 5 nitrogen and oxygen atoms in total. The van der Waals surface area contributed by atoms with Crippen LogP contribution in [0.5, 0.6) is 0 Å². The summed E-state index contributed by atoms with van der Waals surface area (Å²) in [5.74, 6) is -0.287. The van der Waals surface area contributed by atoms with E-state index < -0.39 is 0 Å². The minimum Gasteiger partial charge on any atom is -0.398 e. The Hall–Kier alpha value is -2.56. The standard InChI is InChI=1S/C15H17N3O2/c1-2-9-18-10-11(7-8-14(18)19)17-15(20)12-5-3-4-6-13(12)16/h3-8,10H,2,9,16H2,1H3,(H,17,20). The first kappa shape index (κ1) is 13.9. The van der Waals surface area contributed by atoms with Crippen molar-refractivity contribution >= 4 is 17.3 Å². The van der Waals surface area contributed by atoms with Crippen LogP contribution in [0.4, 0.5) is 11.4 Å². The SMILES string of the molecule is CCCn1cc(NC(=O)c2ccccc2N)ccc1=O. The van der Waals surface area contributed by atoms with Crippen LogP contribution in [0.25, 0.3) is 0 Å². The largest absolute Gasteiger partial charge is 0.398 e. The van der Waals surface area contributed by atoms with E-state index in [1.807, 2.05) is 6.92 Å². The van der Waals surface area contributed by atoms with Crippen LogP contribution in [0.15, 0.2) is 47.4 Å². The van der Waals surface area contributed by atoms with Gasteiger partial charge in [0.2, 0.25) is 0 Å². The molecule has 0 aliphatic rings. The molecule has 2 aromatic rings. The van der Waals surface area contributed by atoms with Crippen LogP contribution in [0.3, 0.4) is 0 Å². The average Bonchev–Trinajstić information content (AvgIpc) is 2.43. The van der Waals surface area contributed by atoms with Crippen LogP contribution in [0.2, 0.25) is 0 Å². The number of para-hydroxylation sites is 1. The summed E-state index contributed by atoms with van der Waals surface area (Å²) < 4.78 is 1.57. The van der Waals surface area contributed by atoms with Crippen LogP contribution < -0.4 is 16.6 Å². The summed E-state index contributed by atoms with van der Waals surface area (Å²) in [5.41, 5.74) is 7.10. The third kappa shape index (κ3) is 3.06. The summed E-state index contributed by atoms with van der Waals surface area (Å²) in [6.07, 6.45) is 2.49. The lowest BCUT2D eigenvalue weighted by Gasteiger charge is -2.09. The van der Waals surface area contributed by atoms with Gasteiger partial charge in [0.15, 0.2) is 0 Å². The van der Waals surface area contributed by atoms with Crippen LogP contribution in [0.1, 0.15) is 23.7 Å². The second kappa shape index (κ2) is 6.06. The van der Waals surface area contributed by atoms with Crippen molar-refractivity contribution in [1.29, 1.82) is 0 Å². The Morgan fingerprint density at radius 1 is 1.25 bits per heavy atom.